The first-order valence-corrected chi connectivity index (χ1v) is 8.29. The number of rotatable bonds is 3. The summed E-state index contributed by atoms with van der Waals surface area (Å²) in [5.41, 5.74) is 7.77. The van der Waals surface area contributed by atoms with Crippen LogP contribution in [0.2, 0.25) is 0 Å². The Hall–Kier alpha value is -1.07. The summed E-state index contributed by atoms with van der Waals surface area (Å²) in [5.74, 6) is 1.16. The van der Waals surface area contributed by atoms with E-state index < -0.39 is 0 Å². The Kier molecular flexibility index (Phi) is 3.50. The molecule has 0 saturated carbocycles. The van der Waals surface area contributed by atoms with E-state index in [4.69, 9.17) is 10.7 Å². The number of piperidine rings is 1. The lowest BCUT2D eigenvalue weighted by Crippen LogP contribution is -2.38. The van der Waals surface area contributed by atoms with Gasteiger partial charge in [-0.1, -0.05) is 13.8 Å². The molecule has 0 aromatic carbocycles. The topological polar surface area (TPSA) is 46.6 Å². The Morgan fingerprint density at radius 1 is 1.40 bits per heavy atom. The zero-order valence-electron chi connectivity index (χ0n) is 12.6. The summed E-state index contributed by atoms with van der Waals surface area (Å²) < 4.78 is 2.21. The van der Waals surface area contributed by atoms with Crippen molar-refractivity contribution in [1.29, 1.82) is 0 Å². The van der Waals surface area contributed by atoms with E-state index in [9.17, 15) is 0 Å². The Morgan fingerprint density at radius 3 is 2.75 bits per heavy atom. The molecule has 0 amide bonds. The molecule has 3 heterocycles. The molecular formula is C15H24N4S. The van der Waals surface area contributed by atoms with Crippen LogP contribution in [-0.4, -0.2) is 28.5 Å². The van der Waals surface area contributed by atoms with Crippen molar-refractivity contribution in [2.24, 2.45) is 11.1 Å². The van der Waals surface area contributed by atoms with E-state index in [0.29, 0.717) is 5.41 Å². The number of aromatic nitrogens is 2. The van der Waals surface area contributed by atoms with Gasteiger partial charge in [0.05, 0.1) is 5.69 Å². The van der Waals surface area contributed by atoms with Gasteiger partial charge in [-0.15, -0.1) is 11.3 Å². The molecule has 2 aromatic rings. The summed E-state index contributed by atoms with van der Waals surface area (Å²) in [4.78, 5) is 8.38. The van der Waals surface area contributed by atoms with Crippen molar-refractivity contribution in [2.45, 2.75) is 46.1 Å². The number of thiazole rings is 1. The molecule has 1 fully saturated rings. The van der Waals surface area contributed by atoms with Crippen LogP contribution in [0.3, 0.4) is 0 Å². The zero-order chi connectivity index (χ0) is 14.3. The minimum atomic E-state index is 0.162. The van der Waals surface area contributed by atoms with Crippen LogP contribution >= 0.6 is 11.3 Å². The molecule has 1 saturated heterocycles. The summed E-state index contributed by atoms with van der Waals surface area (Å²) in [6.07, 6.45) is 5.46. The van der Waals surface area contributed by atoms with Gasteiger partial charge in [0, 0.05) is 37.1 Å². The van der Waals surface area contributed by atoms with Crippen molar-refractivity contribution in [2.75, 3.05) is 18.0 Å². The van der Waals surface area contributed by atoms with Crippen LogP contribution < -0.4 is 10.6 Å². The third-order valence-electron chi connectivity index (χ3n) is 4.27. The van der Waals surface area contributed by atoms with Gasteiger partial charge in [-0.3, -0.25) is 4.40 Å². The molecule has 1 unspecified atom stereocenters. The summed E-state index contributed by atoms with van der Waals surface area (Å²) >= 11 is 1.70. The van der Waals surface area contributed by atoms with E-state index in [1.807, 2.05) is 0 Å². The predicted molar refractivity (Wildman–Crippen MR) is 85.7 cm³/mol. The van der Waals surface area contributed by atoms with E-state index in [1.165, 1.54) is 18.5 Å². The first-order chi connectivity index (χ1) is 9.46. The summed E-state index contributed by atoms with van der Waals surface area (Å²) in [7, 11) is 0. The van der Waals surface area contributed by atoms with Crippen LogP contribution in [0.5, 0.6) is 0 Å². The fraction of sp³-hybridized carbons (Fsp3) is 0.667. The number of hydrogen-bond acceptors (Lipinski definition) is 4. The van der Waals surface area contributed by atoms with Crippen LogP contribution in [0, 0.1) is 5.41 Å². The molecule has 3 rings (SSSR count). The van der Waals surface area contributed by atoms with Crippen LogP contribution in [0.4, 0.5) is 5.82 Å². The van der Waals surface area contributed by atoms with Crippen molar-refractivity contribution in [3.8, 4) is 0 Å². The fourth-order valence-corrected chi connectivity index (χ4v) is 3.62. The van der Waals surface area contributed by atoms with Gasteiger partial charge in [0.1, 0.15) is 0 Å². The van der Waals surface area contributed by atoms with Gasteiger partial charge < -0.3 is 10.6 Å². The lowest BCUT2D eigenvalue weighted by molar-refractivity contribution is 0.279. The van der Waals surface area contributed by atoms with Crippen LogP contribution in [0.25, 0.3) is 4.96 Å². The second-order valence-electron chi connectivity index (χ2n) is 6.77. The van der Waals surface area contributed by atoms with Crippen molar-refractivity contribution in [1.82, 2.24) is 9.38 Å². The molecule has 0 aliphatic carbocycles. The molecule has 0 radical (unpaired) electrons. The maximum absolute atomic E-state index is 6.03. The molecule has 0 spiro atoms. The van der Waals surface area contributed by atoms with Crippen molar-refractivity contribution < 1.29 is 0 Å². The molecule has 1 aliphatic heterocycles. The second kappa shape index (κ2) is 5.04. The standard InChI is InChI=1S/C15H24N4S/c1-11(16)10-12-13(17-14-19(12)8-9-20-14)18-6-4-15(2,3)5-7-18/h8-9,11H,4-7,10,16H2,1-3H3. The zero-order valence-corrected chi connectivity index (χ0v) is 13.4. The Morgan fingerprint density at radius 2 is 2.10 bits per heavy atom. The molecule has 4 nitrogen and oxygen atoms in total. The van der Waals surface area contributed by atoms with Gasteiger partial charge in [-0.2, -0.15) is 0 Å². The third-order valence-corrected chi connectivity index (χ3v) is 5.03. The number of nitrogens with two attached hydrogens (primary N) is 1. The fourth-order valence-electron chi connectivity index (χ4n) is 2.89. The second-order valence-corrected chi connectivity index (χ2v) is 7.64. The highest BCUT2D eigenvalue weighted by atomic mass is 32.1. The van der Waals surface area contributed by atoms with Crippen molar-refractivity contribution in [3.05, 3.63) is 17.3 Å². The largest absolute Gasteiger partial charge is 0.355 e. The monoisotopic (exact) mass is 292 g/mol. The van der Waals surface area contributed by atoms with Crippen molar-refractivity contribution in [3.63, 3.8) is 0 Å². The van der Waals surface area contributed by atoms with Gasteiger partial charge in [-0.05, 0) is 25.2 Å². The number of imidazole rings is 1. The SMILES string of the molecule is CC(N)Cc1c(N2CCC(C)(C)CC2)nc2sccn12. The Labute approximate surface area is 124 Å². The maximum Gasteiger partial charge on any atom is 0.195 e. The van der Waals surface area contributed by atoms with E-state index >= 15 is 0 Å². The third kappa shape index (κ3) is 2.56. The van der Waals surface area contributed by atoms with Crippen molar-refractivity contribution >= 4 is 22.1 Å². The average Bonchev–Trinajstić information content (AvgIpc) is 2.92. The summed E-state index contributed by atoms with van der Waals surface area (Å²) in [6, 6.07) is 0.162. The lowest BCUT2D eigenvalue weighted by Gasteiger charge is -2.37. The molecule has 110 valence electrons. The highest BCUT2D eigenvalue weighted by molar-refractivity contribution is 7.15. The molecule has 2 aromatic heterocycles. The van der Waals surface area contributed by atoms with Crippen LogP contribution in [0.15, 0.2) is 11.6 Å². The van der Waals surface area contributed by atoms with E-state index in [2.05, 4.69) is 41.6 Å². The average molecular weight is 292 g/mol. The highest BCUT2D eigenvalue weighted by Crippen LogP contribution is 2.34. The van der Waals surface area contributed by atoms with Crippen LogP contribution in [-0.2, 0) is 6.42 Å². The highest BCUT2D eigenvalue weighted by Gasteiger charge is 2.28. The van der Waals surface area contributed by atoms with E-state index in [1.54, 1.807) is 11.3 Å². The smallest absolute Gasteiger partial charge is 0.195 e. The summed E-state index contributed by atoms with van der Waals surface area (Å²) in [5, 5.41) is 2.09. The van der Waals surface area contributed by atoms with E-state index in [0.717, 1.165) is 30.3 Å². The molecule has 20 heavy (non-hydrogen) atoms. The molecule has 1 atom stereocenters. The maximum atomic E-state index is 6.03. The first-order valence-electron chi connectivity index (χ1n) is 7.41. The number of fused-ring (bicyclic) bond motifs is 1. The molecule has 1 aliphatic rings. The van der Waals surface area contributed by atoms with Gasteiger partial charge in [0.25, 0.3) is 0 Å². The number of nitrogens with zero attached hydrogens (tertiary/aromatic N) is 3. The normalized spacial score (nSPS) is 20.5. The van der Waals surface area contributed by atoms with E-state index in [-0.39, 0.29) is 6.04 Å². The van der Waals surface area contributed by atoms with Gasteiger partial charge in [0.2, 0.25) is 0 Å². The van der Waals surface area contributed by atoms with Gasteiger partial charge >= 0.3 is 0 Å². The van der Waals surface area contributed by atoms with Gasteiger partial charge in [0.15, 0.2) is 10.8 Å². The quantitative estimate of drug-likeness (QED) is 0.946. The van der Waals surface area contributed by atoms with Gasteiger partial charge in [-0.25, -0.2) is 4.98 Å². The number of hydrogen-bond donors (Lipinski definition) is 1. The minimum absolute atomic E-state index is 0.162. The molecular weight excluding hydrogens is 268 g/mol. The molecule has 5 heteroatoms. The summed E-state index contributed by atoms with van der Waals surface area (Å²) in [6.45, 7) is 8.99. The predicted octanol–water partition coefficient (Wildman–Crippen LogP) is 2.91. The lowest BCUT2D eigenvalue weighted by atomic mass is 9.82. The Bertz CT molecular complexity index is 586. The molecule has 0 bridgehead atoms. The Balaban J connectivity index is 1.92. The minimum Gasteiger partial charge on any atom is -0.355 e. The first kappa shape index (κ1) is 13.9. The number of anilines is 1. The van der Waals surface area contributed by atoms with Crippen LogP contribution in [0.1, 0.15) is 39.3 Å². The molecule has 2 N–H and O–H groups in total.